The number of ketones is 1. The normalized spacial score (nSPS) is 19.2. The smallest absolute Gasteiger partial charge is 0.173 e. The second-order valence-electron chi connectivity index (χ2n) is 10.4. The number of halogens is 1. The zero-order valence-corrected chi connectivity index (χ0v) is 24.7. The summed E-state index contributed by atoms with van der Waals surface area (Å²) in [7, 11) is 1.63. The molecule has 10 nitrogen and oxygen atoms in total. The molecule has 4 aromatic rings. The number of nitrogens with two attached hydrogens (primary N) is 1. The molecule has 2 aromatic heterocycles. The van der Waals surface area contributed by atoms with Crippen LogP contribution in [0.15, 0.2) is 71.3 Å². The first kappa shape index (κ1) is 30.1. The second-order valence-corrected chi connectivity index (χ2v) is 12.5. The molecule has 13 heteroatoms. The highest BCUT2D eigenvalue weighted by atomic mass is 32.2. The van der Waals surface area contributed by atoms with E-state index >= 15 is 0 Å². The molecule has 0 bridgehead atoms. The average Bonchev–Trinajstić information content (AvgIpc) is 3.55. The van der Waals surface area contributed by atoms with E-state index in [0.29, 0.717) is 46.1 Å². The topological polar surface area (TPSA) is 150 Å². The number of nitroso groups, excluding NO2 is 1. The Bertz CT molecular complexity index is 1550. The van der Waals surface area contributed by atoms with Gasteiger partial charge in [0, 0.05) is 49.1 Å². The van der Waals surface area contributed by atoms with Gasteiger partial charge in [0.05, 0.1) is 23.0 Å². The maximum Gasteiger partial charge on any atom is 0.173 e. The van der Waals surface area contributed by atoms with Crippen LogP contribution in [-0.4, -0.2) is 49.8 Å². The minimum absolute atomic E-state index is 0.00543. The summed E-state index contributed by atoms with van der Waals surface area (Å²) in [5, 5.41) is 12.8. The van der Waals surface area contributed by atoms with E-state index in [4.69, 9.17) is 5.14 Å². The van der Waals surface area contributed by atoms with Crippen molar-refractivity contribution in [1.29, 1.82) is 0 Å². The van der Waals surface area contributed by atoms with Crippen LogP contribution in [-0.2, 0) is 24.3 Å². The lowest BCUT2D eigenvalue weighted by Gasteiger charge is -2.18. The van der Waals surface area contributed by atoms with Crippen LogP contribution >= 0.6 is 11.9 Å². The summed E-state index contributed by atoms with van der Waals surface area (Å²) in [4.78, 5) is 34.3. The SMILES string of the molecule is CN[S+]([O-])c1ccc(Cn2cc(CC(=O)c3cncnc3NC3CC(CCSN)CC3N=O)c3cc(F)ccc32)cc1. The number of Topliss-reactive ketones (excluding diaryl/α,β-unsaturated/α-hetero) is 1. The van der Waals surface area contributed by atoms with Crippen LogP contribution in [0.2, 0.25) is 0 Å². The van der Waals surface area contributed by atoms with Gasteiger partial charge in [-0.15, -0.1) is 4.72 Å². The first-order valence-corrected chi connectivity index (χ1v) is 15.8. The van der Waals surface area contributed by atoms with Gasteiger partial charge in [-0.2, -0.15) is 4.91 Å². The van der Waals surface area contributed by atoms with Crippen molar-refractivity contribution in [3.05, 3.63) is 88.6 Å². The molecule has 0 spiro atoms. The van der Waals surface area contributed by atoms with Crippen LogP contribution < -0.4 is 15.2 Å². The number of fused-ring (bicyclic) bond motifs is 1. The number of aromatic nitrogens is 3. The van der Waals surface area contributed by atoms with Gasteiger partial charge >= 0.3 is 0 Å². The number of carbonyl (C=O) groups excluding carboxylic acids is 1. The largest absolute Gasteiger partial charge is 0.593 e. The van der Waals surface area contributed by atoms with Gasteiger partial charge in [0.1, 0.15) is 24.0 Å². The molecule has 1 saturated carbocycles. The predicted octanol–water partition coefficient (Wildman–Crippen LogP) is 4.61. The fraction of sp³-hybridized carbons (Fsp3) is 0.345. The summed E-state index contributed by atoms with van der Waals surface area (Å²) >= 11 is 0.00413. The van der Waals surface area contributed by atoms with E-state index in [0.717, 1.165) is 29.7 Å². The molecule has 1 fully saturated rings. The fourth-order valence-corrected chi connectivity index (χ4v) is 6.69. The number of carbonyl (C=O) groups is 1. The molecule has 42 heavy (non-hydrogen) atoms. The molecule has 4 unspecified atom stereocenters. The number of benzene rings is 2. The van der Waals surface area contributed by atoms with Crippen molar-refractivity contribution in [2.75, 3.05) is 18.1 Å². The van der Waals surface area contributed by atoms with Gasteiger partial charge in [-0.1, -0.05) is 29.3 Å². The Labute approximate surface area is 250 Å². The van der Waals surface area contributed by atoms with Crippen LogP contribution in [0.25, 0.3) is 10.9 Å². The predicted molar refractivity (Wildman–Crippen MR) is 164 cm³/mol. The Morgan fingerprint density at radius 2 is 2.07 bits per heavy atom. The molecule has 1 aliphatic rings. The van der Waals surface area contributed by atoms with Gasteiger partial charge in [0.25, 0.3) is 0 Å². The van der Waals surface area contributed by atoms with Gasteiger partial charge in [0.2, 0.25) is 0 Å². The van der Waals surface area contributed by atoms with E-state index in [1.54, 1.807) is 25.2 Å². The Hall–Kier alpha value is -3.36. The molecule has 5 rings (SSSR count). The summed E-state index contributed by atoms with van der Waals surface area (Å²) in [5.74, 6) is 0.845. The fourth-order valence-electron chi connectivity index (χ4n) is 5.60. The minimum Gasteiger partial charge on any atom is -0.593 e. The molecule has 220 valence electrons. The molecule has 0 aliphatic heterocycles. The maximum absolute atomic E-state index is 14.3. The number of hydrogen-bond donors (Lipinski definition) is 3. The molecule has 1 aliphatic carbocycles. The van der Waals surface area contributed by atoms with Crippen molar-refractivity contribution >= 4 is 45.8 Å². The highest BCUT2D eigenvalue weighted by Gasteiger charge is 2.36. The van der Waals surface area contributed by atoms with Crippen molar-refractivity contribution in [3.8, 4) is 0 Å². The average molecular weight is 610 g/mol. The third-order valence-electron chi connectivity index (χ3n) is 7.69. The third-order valence-corrected chi connectivity index (χ3v) is 9.24. The zero-order valence-electron chi connectivity index (χ0n) is 23.0. The van der Waals surface area contributed by atoms with Gasteiger partial charge < -0.3 is 14.4 Å². The van der Waals surface area contributed by atoms with Gasteiger partial charge in [-0.25, -0.2) is 14.4 Å². The van der Waals surface area contributed by atoms with E-state index in [1.165, 1.54) is 36.6 Å². The number of hydrogen-bond acceptors (Lipinski definition) is 10. The number of anilines is 1. The molecule has 0 amide bonds. The standard InChI is InChI=1S/C29H32FN7O3S2/c1-32-42(40)22-5-2-18(3-6-22)15-37-16-20(23-13-21(30)4-7-27(23)37)12-28(38)24-14-33-17-34-29(24)35-25-10-19(8-9-41-31)11-26(25)36-39/h2-7,13-14,16-17,19,25-26,32H,8-12,15,31H2,1H3,(H,33,34,35). The van der Waals surface area contributed by atoms with E-state index in [9.17, 15) is 18.6 Å². The Balaban J connectivity index is 1.37. The quantitative estimate of drug-likeness (QED) is 0.0855. The molecule has 0 radical (unpaired) electrons. The van der Waals surface area contributed by atoms with Gasteiger partial charge in [-0.3, -0.25) is 9.93 Å². The number of rotatable bonds is 13. The molecular weight excluding hydrogens is 577 g/mol. The van der Waals surface area contributed by atoms with Crippen molar-refractivity contribution in [1.82, 2.24) is 19.3 Å². The van der Waals surface area contributed by atoms with Gasteiger partial charge in [-0.05, 0) is 66.6 Å². The lowest BCUT2D eigenvalue weighted by molar-refractivity contribution is 0.0993. The molecule has 0 saturated heterocycles. The van der Waals surface area contributed by atoms with Crippen molar-refractivity contribution in [2.24, 2.45) is 16.2 Å². The van der Waals surface area contributed by atoms with Gasteiger partial charge in [0.15, 0.2) is 10.7 Å². The van der Waals surface area contributed by atoms with E-state index in [-0.39, 0.29) is 18.2 Å². The molecule has 2 aromatic carbocycles. The summed E-state index contributed by atoms with van der Waals surface area (Å²) in [6, 6.07) is 11.3. The monoisotopic (exact) mass is 609 g/mol. The van der Waals surface area contributed by atoms with E-state index in [1.807, 2.05) is 22.9 Å². The molecule has 2 heterocycles. The lowest BCUT2D eigenvalue weighted by Crippen LogP contribution is -2.28. The maximum atomic E-state index is 14.3. The third kappa shape index (κ3) is 6.81. The van der Waals surface area contributed by atoms with Crippen LogP contribution in [0.3, 0.4) is 0 Å². The Morgan fingerprint density at radius 1 is 1.26 bits per heavy atom. The number of nitrogens with zero attached hydrogens (tertiary/aromatic N) is 4. The van der Waals surface area contributed by atoms with Crippen molar-refractivity contribution < 1.29 is 13.7 Å². The first-order chi connectivity index (χ1) is 20.4. The van der Waals surface area contributed by atoms with E-state index < -0.39 is 23.2 Å². The Kier molecular flexibility index (Phi) is 9.85. The van der Waals surface area contributed by atoms with Crippen LogP contribution in [0, 0.1) is 16.6 Å². The van der Waals surface area contributed by atoms with Crippen molar-refractivity contribution in [2.45, 2.75) is 49.2 Å². The summed E-state index contributed by atoms with van der Waals surface area (Å²) in [6.07, 6.45) is 6.98. The lowest BCUT2D eigenvalue weighted by atomic mass is 10.0. The zero-order chi connectivity index (χ0) is 29.6. The van der Waals surface area contributed by atoms with Crippen molar-refractivity contribution in [3.63, 3.8) is 0 Å². The molecule has 4 atom stereocenters. The van der Waals surface area contributed by atoms with E-state index in [2.05, 4.69) is 25.2 Å². The first-order valence-electron chi connectivity index (χ1n) is 13.6. The van der Waals surface area contributed by atoms with Crippen LogP contribution in [0.4, 0.5) is 10.2 Å². The van der Waals surface area contributed by atoms with Crippen LogP contribution in [0.5, 0.6) is 0 Å². The van der Waals surface area contributed by atoms with Crippen LogP contribution in [0.1, 0.15) is 40.7 Å². The highest BCUT2D eigenvalue weighted by molar-refractivity contribution is 7.97. The molecule has 4 N–H and O–H groups in total. The highest BCUT2D eigenvalue weighted by Crippen LogP contribution is 2.34. The summed E-state index contributed by atoms with van der Waals surface area (Å²) in [6.45, 7) is 0.482. The summed E-state index contributed by atoms with van der Waals surface area (Å²) < 4.78 is 31.0. The second kappa shape index (κ2) is 13.7. The Morgan fingerprint density at radius 3 is 2.81 bits per heavy atom. The molecular formula is C29H32FN7O3S2. The number of nitrogens with one attached hydrogen (secondary N) is 2. The minimum atomic E-state index is -1.28. The summed E-state index contributed by atoms with van der Waals surface area (Å²) in [5.41, 5.74) is 2.72.